The van der Waals surface area contributed by atoms with Crippen LogP contribution >= 0.6 is 0 Å². The first-order chi connectivity index (χ1) is 18.7. The Morgan fingerprint density at radius 3 is 2.59 bits per heavy atom. The highest BCUT2D eigenvalue weighted by Crippen LogP contribution is 2.47. The zero-order chi connectivity index (χ0) is 27.5. The molecular formula is C28H28F2N4O5. The number of halogens is 2. The molecule has 0 aromatic heterocycles. The highest BCUT2D eigenvalue weighted by molar-refractivity contribution is 6.06. The molecule has 0 radical (unpaired) electrons. The molecule has 39 heavy (non-hydrogen) atoms. The average Bonchev–Trinajstić information content (AvgIpc) is 3.68. The van der Waals surface area contributed by atoms with Crippen molar-refractivity contribution in [1.29, 1.82) is 0 Å². The van der Waals surface area contributed by atoms with Crippen molar-refractivity contribution >= 4 is 29.6 Å². The van der Waals surface area contributed by atoms with Gasteiger partial charge in [0.05, 0.1) is 5.69 Å². The van der Waals surface area contributed by atoms with Gasteiger partial charge in [-0.1, -0.05) is 6.07 Å². The van der Waals surface area contributed by atoms with Gasteiger partial charge in [-0.2, -0.15) is 0 Å². The summed E-state index contributed by atoms with van der Waals surface area (Å²) in [5.41, 5.74) is 0.737. The fourth-order valence-electron chi connectivity index (χ4n) is 6.15. The number of rotatable bonds is 4. The number of aryl methyl sites for hydroxylation is 2. The molecule has 11 heteroatoms. The zero-order valence-electron chi connectivity index (χ0n) is 21.4. The lowest BCUT2D eigenvalue weighted by Crippen LogP contribution is -2.48. The fraction of sp³-hybridized carbons (Fsp3) is 0.429. The topological polar surface area (TPSA) is 108 Å². The minimum Gasteiger partial charge on any atom is -0.427 e. The minimum absolute atomic E-state index is 0.0543. The van der Waals surface area contributed by atoms with Gasteiger partial charge in [0, 0.05) is 31.6 Å². The largest absolute Gasteiger partial charge is 0.427 e. The summed E-state index contributed by atoms with van der Waals surface area (Å²) in [5, 5.41) is 4.74. The molecule has 2 fully saturated rings. The molecule has 0 unspecified atom stereocenters. The molecule has 2 aliphatic heterocycles. The van der Waals surface area contributed by atoms with Crippen molar-refractivity contribution in [3.05, 3.63) is 64.2 Å². The van der Waals surface area contributed by atoms with Gasteiger partial charge in [0.1, 0.15) is 18.2 Å². The summed E-state index contributed by atoms with van der Waals surface area (Å²) >= 11 is 0. The minimum atomic E-state index is -1.71. The van der Waals surface area contributed by atoms with Gasteiger partial charge in [-0.3, -0.25) is 9.59 Å². The monoisotopic (exact) mass is 538 g/mol. The molecule has 6 rings (SSSR count). The van der Waals surface area contributed by atoms with Gasteiger partial charge in [-0.25, -0.2) is 23.3 Å². The van der Waals surface area contributed by atoms with Gasteiger partial charge in [0.2, 0.25) is 11.5 Å². The number of nitrogens with one attached hydrogen (secondary N) is 2. The van der Waals surface area contributed by atoms with Crippen LogP contribution in [0.1, 0.15) is 47.9 Å². The molecule has 4 aliphatic rings. The van der Waals surface area contributed by atoms with E-state index < -0.39 is 36.0 Å². The Labute approximate surface area is 223 Å². The Kier molecular flexibility index (Phi) is 6.04. The van der Waals surface area contributed by atoms with E-state index in [2.05, 4.69) is 10.6 Å². The third-order valence-electron chi connectivity index (χ3n) is 8.32. The fourth-order valence-corrected chi connectivity index (χ4v) is 6.15. The third kappa shape index (κ3) is 4.29. The van der Waals surface area contributed by atoms with Crippen molar-refractivity contribution in [1.82, 2.24) is 15.1 Å². The highest BCUT2D eigenvalue weighted by atomic mass is 19.1. The predicted molar refractivity (Wildman–Crippen MR) is 134 cm³/mol. The van der Waals surface area contributed by atoms with Gasteiger partial charge >= 0.3 is 12.1 Å². The van der Waals surface area contributed by atoms with Crippen molar-refractivity contribution in [2.75, 3.05) is 18.9 Å². The SMILES string of the molecule is CNC(=O)Nc1cc2c(cc1F)[C@@]1(CC2)OC(=O)N(CC(=O)N2Cc3ccc(F)cc3CC[C@H]2C2CC2)C1=O. The Morgan fingerprint density at radius 1 is 1.05 bits per heavy atom. The van der Waals surface area contributed by atoms with Gasteiger partial charge in [-0.15, -0.1) is 0 Å². The van der Waals surface area contributed by atoms with Crippen molar-refractivity contribution in [3.8, 4) is 0 Å². The predicted octanol–water partition coefficient (Wildman–Crippen LogP) is 3.59. The molecule has 2 aromatic carbocycles. The second-order valence-corrected chi connectivity index (χ2v) is 10.7. The average molecular weight is 539 g/mol. The van der Waals surface area contributed by atoms with E-state index in [4.69, 9.17) is 4.74 Å². The molecule has 1 spiro atoms. The summed E-state index contributed by atoms with van der Waals surface area (Å²) in [6, 6.07) is 6.44. The third-order valence-corrected chi connectivity index (χ3v) is 8.32. The maximum absolute atomic E-state index is 14.9. The number of hydrogen-bond acceptors (Lipinski definition) is 5. The highest BCUT2D eigenvalue weighted by Gasteiger charge is 2.59. The molecular weight excluding hydrogens is 510 g/mol. The molecule has 1 saturated carbocycles. The smallest absolute Gasteiger partial charge is 0.418 e. The molecule has 2 atom stereocenters. The molecule has 2 aromatic rings. The van der Waals surface area contributed by atoms with Crippen LogP contribution < -0.4 is 10.6 Å². The number of amides is 5. The summed E-state index contributed by atoms with van der Waals surface area (Å²) in [5.74, 6) is -1.85. The van der Waals surface area contributed by atoms with Crippen LogP contribution in [0, 0.1) is 17.6 Å². The molecule has 5 amide bonds. The van der Waals surface area contributed by atoms with E-state index in [1.165, 1.54) is 25.2 Å². The summed E-state index contributed by atoms with van der Waals surface area (Å²) in [6.07, 6.45) is 2.78. The number of nitrogens with zero attached hydrogens (tertiary/aromatic N) is 2. The van der Waals surface area contributed by atoms with Crippen LogP contribution in [0.3, 0.4) is 0 Å². The second kappa shape index (κ2) is 9.32. The Hall–Kier alpha value is -4.02. The lowest BCUT2D eigenvalue weighted by molar-refractivity contribution is -0.143. The first-order valence-corrected chi connectivity index (χ1v) is 13.1. The van der Waals surface area contributed by atoms with Crippen molar-refractivity contribution in [3.63, 3.8) is 0 Å². The summed E-state index contributed by atoms with van der Waals surface area (Å²) in [4.78, 5) is 54.4. The first-order valence-electron chi connectivity index (χ1n) is 13.1. The molecule has 204 valence electrons. The van der Waals surface area contributed by atoms with Gasteiger partial charge in [0.15, 0.2) is 0 Å². The van der Waals surface area contributed by atoms with Gasteiger partial charge in [-0.05, 0) is 79.0 Å². The van der Waals surface area contributed by atoms with E-state index in [0.717, 1.165) is 34.9 Å². The summed E-state index contributed by atoms with van der Waals surface area (Å²) in [6.45, 7) is -0.222. The second-order valence-electron chi connectivity index (χ2n) is 10.7. The number of imide groups is 1. The number of benzene rings is 2. The van der Waals surface area contributed by atoms with E-state index in [-0.39, 0.29) is 42.0 Å². The Bertz CT molecular complexity index is 1410. The van der Waals surface area contributed by atoms with E-state index in [0.29, 0.717) is 30.7 Å². The molecule has 1 saturated heterocycles. The van der Waals surface area contributed by atoms with E-state index in [1.807, 2.05) is 0 Å². The Morgan fingerprint density at radius 2 is 1.85 bits per heavy atom. The normalized spacial score (nSPS) is 23.8. The number of carbonyl (C=O) groups excluding carboxylic acids is 4. The zero-order valence-corrected chi connectivity index (χ0v) is 21.4. The number of hydrogen-bond donors (Lipinski definition) is 2. The summed E-state index contributed by atoms with van der Waals surface area (Å²) < 4.78 is 34.3. The lowest BCUT2D eigenvalue weighted by Gasteiger charge is -2.31. The standard InChI is InChI=1S/C28H28F2N4O5/c1-31-26(37)32-22-11-17-8-9-28(20(17)12-21(22)30)25(36)34(27(38)39-28)14-24(35)33-13-18-4-6-19(29)10-16(18)5-7-23(33)15-2-3-15/h4,6,10-12,15,23H,2-3,5,7-9,13-14H2,1H3,(H2,31,32,37)/t23-,28+/m0/s1. The van der Waals surface area contributed by atoms with E-state index >= 15 is 0 Å². The number of fused-ring (bicyclic) bond motifs is 3. The van der Waals surface area contributed by atoms with Crippen LogP contribution in [-0.2, 0) is 39.3 Å². The van der Waals surface area contributed by atoms with Crippen molar-refractivity contribution in [2.45, 2.75) is 56.7 Å². The van der Waals surface area contributed by atoms with Gasteiger partial charge in [0.25, 0.3) is 5.91 Å². The van der Waals surface area contributed by atoms with Crippen LogP contribution in [0.5, 0.6) is 0 Å². The number of anilines is 1. The molecule has 2 heterocycles. The van der Waals surface area contributed by atoms with Crippen LogP contribution in [0.4, 0.5) is 24.1 Å². The van der Waals surface area contributed by atoms with E-state index in [1.54, 1.807) is 11.0 Å². The van der Waals surface area contributed by atoms with E-state index in [9.17, 15) is 28.0 Å². The molecule has 0 bridgehead atoms. The van der Waals surface area contributed by atoms with Gasteiger partial charge < -0.3 is 20.3 Å². The maximum atomic E-state index is 14.9. The lowest BCUT2D eigenvalue weighted by atomic mass is 9.94. The number of ether oxygens (including phenoxy) is 1. The van der Waals surface area contributed by atoms with Crippen molar-refractivity contribution in [2.24, 2.45) is 5.92 Å². The Balaban J connectivity index is 1.24. The molecule has 9 nitrogen and oxygen atoms in total. The summed E-state index contributed by atoms with van der Waals surface area (Å²) in [7, 11) is 1.40. The number of urea groups is 1. The first kappa shape index (κ1) is 25.3. The van der Waals surface area contributed by atoms with Crippen LogP contribution in [0.2, 0.25) is 0 Å². The number of carbonyl (C=O) groups is 4. The molecule has 2 aliphatic carbocycles. The quantitative estimate of drug-likeness (QED) is 0.619. The van der Waals surface area contributed by atoms with Crippen molar-refractivity contribution < 1.29 is 32.7 Å². The maximum Gasteiger partial charge on any atom is 0.418 e. The van der Waals surface area contributed by atoms with Crippen LogP contribution in [0.15, 0.2) is 30.3 Å². The van der Waals surface area contributed by atoms with Crippen LogP contribution in [-0.4, -0.2) is 53.4 Å². The van der Waals surface area contributed by atoms with Crippen LogP contribution in [0.25, 0.3) is 0 Å². The molecule has 2 N–H and O–H groups in total.